The number of rotatable bonds is 6. The van der Waals surface area contributed by atoms with Crippen LogP contribution in [0.4, 0.5) is 0 Å². The summed E-state index contributed by atoms with van der Waals surface area (Å²) < 4.78 is 67.5. The van der Waals surface area contributed by atoms with Crippen LogP contribution in [0.15, 0.2) is 46.2 Å². The minimum absolute atomic E-state index is 0.00734. The van der Waals surface area contributed by atoms with Crippen molar-refractivity contribution in [2.75, 3.05) is 26.4 Å². The Labute approximate surface area is 198 Å². The van der Waals surface area contributed by atoms with Crippen molar-refractivity contribution in [3.63, 3.8) is 0 Å². The van der Waals surface area contributed by atoms with Crippen LogP contribution in [-0.4, -0.2) is 61.1 Å². The molecule has 9 nitrogen and oxygen atoms in total. The number of hydrogen-bond acceptors (Lipinski definition) is 7. The monoisotopic (exact) mass is 506 g/mol. The smallest absolute Gasteiger partial charge is 0.240 e. The summed E-state index contributed by atoms with van der Waals surface area (Å²) in [5.74, 6) is -0.392. The Bertz CT molecular complexity index is 1230. The van der Waals surface area contributed by atoms with Crippen molar-refractivity contribution in [3.05, 3.63) is 47.5 Å². The van der Waals surface area contributed by atoms with Gasteiger partial charge in [0.1, 0.15) is 0 Å². The van der Waals surface area contributed by atoms with Gasteiger partial charge in [-0.15, -0.1) is 0 Å². The normalized spacial score (nSPS) is 19.7. The Morgan fingerprint density at radius 1 is 0.618 bits per heavy atom. The zero-order chi connectivity index (χ0) is 23.9. The molecule has 2 heterocycles. The van der Waals surface area contributed by atoms with Gasteiger partial charge in [-0.05, 0) is 61.1 Å². The van der Waals surface area contributed by atoms with Crippen LogP contribution >= 0.6 is 0 Å². The van der Waals surface area contributed by atoms with Gasteiger partial charge in [-0.2, -0.15) is 0 Å². The molecule has 34 heavy (non-hydrogen) atoms. The summed E-state index contributed by atoms with van der Waals surface area (Å²) >= 11 is 0. The largest absolute Gasteiger partial charge is 0.381 e. The molecule has 2 N–H and O–H groups in total. The summed E-state index contributed by atoms with van der Waals surface area (Å²) in [4.78, 5) is 13.2. The van der Waals surface area contributed by atoms with E-state index in [2.05, 4.69) is 9.44 Å². The molecule has 2 aromatic carbocycles. The van der Waals surface area contributed by atoms with Gasteiger partial charge in [0, 0.05) is 49.6 Å². The molecule has 11 heteroatoms. The maximum Gasteiger partial charge on any atom is 0.240 e. The molecule has 0 radical (unpaired) electrons. The number of ketones is 1. The fraction of sp³-hybridized carbons (Fsp3) is 0.435. The van der Waals surface area contributed by atoms with Gasteiger partial charge < -0.3 is 9.47 Å². The number of nitrogens with one attached hydrogen (secondary N) is 2. The molecule has 2 saturated heterocycles. The first-order valence-corrected chi connectivity index (χ1v) is 14.2. The van der Waals surface area contributed by atoms with Crippen molar-refractivity contribution >= 4 is 25.8 Å². The molecule has 3 aliphatic rings. The summed E-state index contributed by atoms with van der Waals surface area (Å²) in [6.07, 6.45) is 2.36. The predicted molar refractivity (Wildman–Crippen MR) is 124 cm³/mol. The molecule has 182 valence electrons. The summed E-state index contributed by atoms with van der Waals surface area (Å²) in [5.41, 5.74) is 1.67. The van der Waals surface area contributed by atoms with E-state index in [-0.39, 0.29) is 33.0 Å². The second-order valence-electron chi connectivity index (χ2n) is 8.76. The topological polar surface area (TPSA) is 128 Å². The van der Waals surface area contributed by atoms with Gasteiger partial charge in [0.25, 0.3) is 0 Å². The van der Waals surface area contributed by atoms with Gasteiger partial charge in [0.15, 0.2) is 5.78 Å². The fourth-order valence-electron chi connectivity index (χ4n) is 4.58. The van der Waals surface area contributed by atoms with E-state index in [0.29, 0.717) is 63.2 Å². The minimum Gasteiger partial charge on any atom is -0.381 e. The second-order valence-corrected chi connectivity index (χ2v) is 12.2. The Kier molecular flexibility index (Phi) is 6.34. The highest BCUT2D eigenvalue weighted by molar-refractivity contribution is 7.89. The number of benzene rings is 2. The van der Waals surface area contributed by atoms with E-state index in [0.717, 1.165) is 0 Å². The Morgan fingerprint density at radius 3 is 1.38 bits per heavy atom. The quantitative estimate of drug-likeness (QED) is 0.522. The SMILES string of the molecule is O=C1c2cc(S(=O)(=O)NC3CCOCC3)ccc2-c2ccc(S(=O)(=O)NC3CCOCC3)cc21. The van der Waals surface area contributed by atoms with Gasteiger partial charge >= 0.3 is 0 Å². The predicted octanol–water partition coefficient (Wildman–Crippen LogP) is 1.81. The molecule has 0 atom stereocenters. The minimum atomic E-state index is -3.81. The molecule has 2 aromatic rings. The third kappa shape index (κ3) is 4.56. The van der Waals surface area contributed by atoms with Crippen LogP contribution in [0.2, 0.25) is 0 Å². The van der Waals surface area contributed by atoms with Crippen LogP contribution < -0.4 is 9.44 Å². The average Bonchev–Trinajstić information content (AvgIpc) is 3.11. The highest BCUT2D eigenvalue weighted by Crippen LogP contribution is 2.38. The summed E-state index contributed by atoms with van der Waals surface area (Å²) in [7, 11) is -7.63. The number of fused-ring (bicyclic) bond motifs is 3. The van der Waals surface area contributed by atoms with Crippen LogP contribution in [-0.2, 0) is 29.5 Å². The Hall–Kier alpha value is -2.15. The van der Waals surface area contributed by atoms with Gasteiger partial charge in [0.2, 0.25) is 20.0 Å². The van der Waals surface area contributed by atoms with Gasteiger partial charge in [-0.25, -0.2) is 26.3 Å². The third-order valence-corrected chi connectivity index (χ3v) is 9.50. The molecule has 5 rings (SSSR count). The number of carbonyl (C=O) groups excluding carboxylic acids is 1. The molecule has 0 spiro atoms. The summed E-state index contributed by atoms with van der Waals surface area (Å²) in [6, 6.07) is 8.46. The fourth-order valence-corrected chi connectivity index (χ4v) is 7.24. The lowest BCUT2D eigenvalue weighted by atomic mass is 10.1. The highest BCUT2D eigenvalue weighted by atomic mass is 32.2. The molecule has 0 amide bonds. The van der Waals surface area contributed by atoms with Crippen LogP contribution in [0.25, 0.3) is 11.1 Å². The lowest BCUT2D eigenvalue weighted by molar-refractivity contribution is 0.0830. The van der Waals surface area contributed by atoms with Gasteiger partial charge in [-0.1, -0.05) is 12.1 Å². The first kappa shape index (κ1) is 23.6. The maximum atomic E-state index is 13.2. The molecular weight excluding hydrogens is 480 g/mol. The Morgan fingerprint density at radius 2 is 1.00 bits per heavy atom. The van der Waals surface area contributed by atoms with E-state index in [1.165, 1.54) is 24.3 Å². The van der Waals surface area contributed by atoms with Crippen molar-refractivity contribution in [2.45, 2.75) is 47.6 Å². The molecule has 0 bridgehead atoms. The second kappa shape index (κ2) is 9.14. The van der Waals surface area contributed by atoms with Crippen molar-refractivity contribution in [3.8, 4) is 11.1 Å². The zero-order valence-electron chi connectivity index (χ0n) is 18.4. The van der Waals surface area contributed by atoms with E-state index in [1.54, 1.807) is 12.1 Å². The number of sulfonamides is 2. The maximum absolute atomic E-state index is 13.2. The van der Waals surface area contributed by atoms with E-state index in [4.69, 9.17) is 9.47 Å². The van der Waals surface area contributed by atoms with E-state index >= 15 is 0 Å². The van der Waals surface area contributed by atoms with E-state index in [9.17, 15) is 21.6 Å². The van der Waals surface area contributed by atoms with Crippen LogP contribution in [0, 0.1) is 0 Å². The highest BCUT2D eigenvalue weighted by Gasteiger charge is 2.32. The first-order chi connectivity index (χ1) is 16.2. The molecule has 0 unspecified atom stereocenters. The standard InChI is InChI=1S/C23H26N2O7S2/c26-23-21-13-17(33(27,28)24-15-5-9-31-10-6-15)1-3-19(21)20-4-2-18(14-22(20)23)34(29,30)25-16-7-11-32-12-8-16/h1-4,13-16,24-25H,5-12H2. The number of ether oxygens (including phenoxy) is 2. The lowest BCUT2D eigenvalue weighted by Crippen LogP contribution is -2.38. The van der Waals surface area contributed by atoms with Crippen molar-refractivity contribution in [1.29, 1.82) is 0 Å². The Balaban J connectivity index is 1.40. The van der Waals surface area contributed by atoms with Crippen molar-refractivity contribution < 1.29 is 31.1 Å². The van der Waals surface area contributed by atoms with Gasteiger partial charge in [0.05, 0.1) is 9.79 Å². The molecular formula is C23H26N2O7S2. The first-order valence-electron chi connectivity index (χ1n) is 11.3. The van der Waals surface area contributed by atoms with E-state index in [1.807, 2.05) is 0 Å². The molecule has 2 fully saturated rings. The molecule has 0 aromatic heterocycles. The molecule has 0 saturated carbocycles. The summed E-state index contributed by atoms with van der Waals surface area (Å²) in [5, 5.41) is 0. The third-order valence-electron chi connectivity index (χ3n) is 6.47. The zero-order valence-corrected chi connectivity index (χ0v) is 20.1. The van der Waals surface area contributed by atoms with Gasteiger partial charge in [-0.3, -0.25) is 4.79 Å². The number of carbonyl (C=O) groups is 1. The molecule has 2 aliphatic heterocycles. The number of hydrogen-bond donors (Lipinski definition) is 2. The van der Waals surface area contributed by atoms with Crippen LogP contribution in [0.5, 0.6) is 0 Å². The van der Waals surface area contributed by atoms with Crippen molar-refractivity contribution in [1.82, 2.24) is 9.44 Å². The van der Waals surface area contributed by atoms with Crippen molar-refractivity contribution in [2.24, 2.45) is 0 Å². The average molecular weight is 507 g/mol. The molecule has 1 aliphatic carbocycles. The lowest BCUT2D eigenvalue weighted by Gasteiger charge is -2.23. The van der Waals surface area contributed by atoms with Crippen LogP contribution in [0.3, 0.4) is 0 Å². The van der Waals surface area contributed by atoms with Crippen LogP contribution in [0.1, 0.15) is 41.6 Å². The van der Waals surface area contributed by atoms with E-state index < -0.39 is 25.8 Å². The summed E-state index contributed by atoms with van der Waals surface area (Å²) in [6.45, 7) is 2.00.